The van der Waals surface area contributed by atoms with Crippen LogP contribution in [0.15, 0.2) is 103 Å². The van der Waals surface area contributed by atoms with Gasteiger partial charge in [-0.1, -0.05) is 110 Å². The zero-order valence-electron chi connectivity index (χ0n) is 26.8. The Morgan fingerprint density at radius 2 is 1.43 bits per heavy atom. The molecule has 2 N–H and O–H groups in total. The Balaban J connectivity index is 1.18. The molecule has 7 nitrogen and oxygen atoms in total. The highest BCUT2D eigenvalue weighted by molar-refractivity contribution is 5.74. The van der Waals surface area contributed by atoms with Crippen LogP contribution in [-0.2, 0) is 34.0 Å². The second-order valence-corrected chi connectivity index (χ2v) is 12.6. The molecule has 2 saturated heterocycles. The van der Waals surface area contributed by atoms with Gasteiger partial charge in [-0.2, -0.15) is 0 Å². The van der Waals surface area contributed by atoms with E-state index in [2.05, 4.69) is 94.8 Å². The smallest absolute Gasteiger partial charge is 0.217 e. The molecule has 7 heteroatoms. The van der Waals surface area contributed by atoms with E-state index in [0.29, 0.717) is 6.54 Å². The first-order valence-electron chi connectivity index (χ1n) is 16.4. The Bertz CT molecular complexity index is 1550. The molecule has 0 aliphatic carbocycles. The number of benzene rings is 4. The lowest BCUT2D eigenvalue weighted by Gasteiger charge is -2.44. The normalized spacial score (nSPS) is 22.4. The molecule has 4 aromatic rings. The Labute approximate surface area is 272 Å². The van der Waals surface area contributed by atoms with Gasteiger partial charge in [-0.3, -0.25) is 14.6 Å². The van der Waals surface area contributed by atoms with Crippen LogP contribution >= 0.6 is 0 Å². The number of carbonyl (C=O) groups is 1. The fourth-order valence-corrected chi connectivity index (χ4v) is 6.55. The molecule has 2 heterocycles. The molecular formula is C39H45N3O4. The lowest BCUT2D eigenvalue weighted by Crippen LogP contribution is -2.51. The average Bonchev–Trinajstić information content (AvgIpc) is 3.10. The maximum Gasteiger partial charge on any atom is 0.217 e. The Kier molecular flexibility index (Phi) is 10.6. The molecule has 0 aromatic heterocycles. The van der Waals surface area contributed by atoms with Gasteiger partial charge in [-0.15, -0.1) is 0 Å². The number of aliphatic hydroxyl groups is 1. The molecule has 0 bridgehead atoms. The molecule has 4 aromatic carbocycles. The van der Waals surface area contributed by atoms with Gasteiger partial charge in [0.1, 0.15) is 0 Å². The maximum absolute atomic E-state index is 11.5. The van der Waals surface area contributed by atoms with Crippen molar-refractivity contribution in [3.8, 4) is 11.1 Å². The second-order valence-electron chi connectivity index (χ2n) is 12.6. The number of amides is 1. The van der Waals surface area contributed by atoms with Gasteiger partial charge >= 0.3 is 0 Å². The predicted molar refractivity (Wildman–Crippen MR) is 181 cm³/mol. The number of rotatable bonds is 10. The van der Waals surface area contributed by atoms with E-state index < -0.39 is 6.29 Å². The standard InChI is InChI=1S/C39H45N3O4/c1-28-37(26-42-22-20-41(21-23-42)25-30-8-4-3-5-9-30)45-39(46-38(28)33-14-12-31(27-43)13-15-33)34-18-16-32(17-19-34)36-11-7-6-10-35(36)24-40-29(2)44/h3-19,28,37-39,43H,20-27H2,1-2H3,(H,40,44). The van der Waals surface area contributed by atoms with Crippen molar-refractivity contribution in [2.75, 3.05) is 32.7 Å². The van der Waals surface area contributed by atoms with Gasteiger partial charge in [0.2, 0.25) is 5.91 Å². The van der Waals surface area contributed by atoms with Gasteiger partial charge in [0.25, 0.3) is 0 Å². The Morgan fingerprint density at radius 3 is 2.13 bits per heavy atom. The van der Waals surface area contributed by atoms with Gasteiger partial charge in [0.05, 0.1) is 18.8 Å². The average molecular weight is 620 g/mol. The van der Waals surface area contributed by atoms with Crippen molar-refractivity contribution >= 4 is 5.91 Å². The van der Waals surface area contributed by atoms with Gasteiger partial charge in [0, 0.05) is 64.2 Å². The van der Waals surface area contributed by atoms with Crippen molar-refractivity contribution in [1.82, 2.24) is 15.1 Å². The van der Waals surface area contributed by atoms with Crippen LogP contribution in [0, 0.1) is 5.92 Å². The number of ether oxygens (including phenoxy) is 2. The molecule has 4 unspecified atom stereocenters. The third-order valence-electron chi connectivity index (χ3n) is 9.31. The highest BCUT2D eigenvalue weighted by atomic mass is 16.7. The molecule has 46 heavy (non-hydrogen) atoms. The van der Waals surface area contributed by atoms with Gasteiger partial charge in [-0.25, -0.2) is 0 Å². The number of hydrogen-bond donors (Lipinski definition) is 2. The minimum absolute atomic E-state index is 0.0139. The topological polar surface area (TPSA) is 74.3 Å². The highest BCUT2D eigenvalue weighted by Crippen LogP contribution is 2.42. The summed E-state index contributed by atoms with van der Waals surface area (Å²) in [4.78, 5) is 16.6. The number of nitrogens with zero attached hydrogens (tertiary/aromatic N) is 2. The molecule has 0 spiro atoms. The lowest BCUT2D eigenvalue weighted by molar-refractivity contribution is -0.276. The summed E-state index contributed by atoms with van der Waals surface area (Å²) in [7, 11) is 0. The minimum Gasteiger partial charge on any atom is -0.392 e. The van der Waals surface area contributed by atoms with Crippen LogP contribution in [-0.4, -0.2) is 59.6 Å². The number of piperazine rings is 1. The Hall–Kier alpha value is -3.85. The predicted octanol–water partition coefficient (Wildman–Crippen LogP) is 6.09. The zero-order valence-corrected chi connectivity index (χ0v) is 26.8. The summed E-state index contributed by atoms with van der Waals surface area (Å²) in [5, 5.41) is 12.5. The van der Waals surface area contributed by atoms with E-state index >= 15 is 0 Å². The molecule has 2 aliphatic heterocycles. The fraction of sp³-hybridized carbons (Fsp3) is 0.359. The summed E-state index contributed by atoms with van der Waals surface area (Å²) in [6.45, 7) is 10.2. The minimum atomic E-state index is -0.508. The van der Waals surface area contributed by atoms with Crippen LogP contribution in [0.3, 0.4) is 0 Å². The van der Waals surface area contributed by atoms with Gasteiger partial charge < -0.3 is 19.9 Å². The first kappa shape index (κ1) is 32.1. The summed E-state index contributed by atoms with van der Waals surface area (Å²) in [5.41, 5.74) is 7.56. The van der Waals surface area contributed by atoms with Gasteiger partial charge in [0.15, 0.2) is 6.29 Å². The highest BCUT2D eigenvalue weighted by Gasteiger charge is 2.39. The van der Waals surface area contributed by atoms with Crippen molar-refractivity contribution < 1.29 is 19.4 Å². The van der Waals surface area contributed by atoms with E-state index in [0.717, 1.165) is 72.6 Å². The van der Waals surface area contributed by atoms with Crippen LogP contribution in [0.2, 0.25) is 0 Å². The first-order valence-corrected chi connectivity index (χ1v) is 16.4. The number of hydrogen-bond acceptors (Lipinski definition) is 6. The van der Waals surface area contributed by atoms with E-state index in [4.69, 9.17) is 9.47 Å². The molecule has 0 saturated carbocycles. The summed E-state index contributed by atoms with van der Waals surface area (Å²) in [6.07, 6.45) is -0.666. The SMILES string of the molecule is CC(=O)NCc1ccccc1-c1ccc(C2OC(CN3CCN(Cc4ccccc4)CC3)C(C)C(c3ccc(CO)cc3)O2)cc1. The summed E-state index contributed by atoms with van der Waals surface area (Å²) in [5.74, 6) is 0.0913. The number of nitrogens with one attached hydrogen (secondary N) is 1. The van der Waals surface area contributed by atoms with Crippen molar-refractivity contribution in [2.24, 2.45) is 5.92 Å². The first-order chi connectivity index (χ1) is 22.5. The molecular weight excluding hydrogens is 574 g/mol. The van der Waals surface area contributed by atoms with Crippen molar-refractivity contribution in [2.45, 2.75) is 52.0 Å². The summed E-state index contributed by atoms with van der Waals surface area (Å²) in [6, 6.07) is 35.4. The monoisotopic (exact) mass is 619 g/mol. The molecule has 0 radical (unpaired) electrons. The van der Waals surface area contributed by atoms with Crippen LogP contribution in [0.4, 0.5) is 0 Å². The quantitative estimate of drug-likeness (QED) is 0.224. The van der Waals surface area contributed by atoms with Crippen LogP contribution in [0.5, 0.6) is 0 Å². The molecule has 6 rings (SSSR count). The molecule has 1 amide bonds. The van der Waals surface area contributed by atoms with E-state index in [1.54, 1.807) is 0 Å². The fourth-order valence-electron chi connectivity index (χ4n) is 6.55. The maximum atomic E-state index is 11.5. The summed E-state index contributed by atoms with van der Waals surface area (Å²) < 4.78 is 13.5. The van der Waals surface area contributed by atoms with E-state index in [1.807, 2.05) is 30.3 Å². The van der Waals surface area contributed by atoms with Crippen LogP contribution < -0.4 is 5.32 Å². The number of carbonyl (C=O) groups excluding carboxylic acids is 1. The zero-order chi connectivity index (χ0) is 31.9. The third kappa shape index (κ3) is 7.92. The molecule has 4 atom stereocenters. The van der Waals surface area contributed by atoms with Crippen molar-refractivity contribution in [1.29, 1.82) is 0 Å². The van der Waals surface area contributed by atoms with Gasteiger partial charge in [-0.05, 0) is 33.4 Å². The van der Waals surface area contributed by atoms with E-state index in [9.17, 15) is 9.90 Å². The van der Waals surface area contributed by atoms with E-state index in [1.165, 1.54) is 12.5 Å². The van der Waals surface area contributed by atoms with Crippen molar-refractivity contribution in [3.63, 3.8) is 0 Å². The third-order valence-corrected chi connectivity index (χ3v) is 9.31. The van der Waals surface area contributed by atoms with E-state index in [-0.39, 0.29) is 30.6 Å². The molecule has 2 fully saturated rings. The van der Waals surface area contributed by atoms with Crippen LogP contribution in [0.1, 0.15) is 54.1 Å². The largest absolute Gasteiger partial charge is 0.392 e. The summed E-state index contributed by atoms with van der Waals surface area (Å²) >= 11 is 0. The van der Waals surface area contributed by atoms with Crippen LogP contribution in [0.25, 0.3) is 11.1 Å². The lowest BCUT2D eigenvalue weighted by atomic mass is 9.89. The van der Waals surface area contributed by atoms with Crippen molar-refractivity contribution in [3.05, 3.63) is 131 Å². The molecule has 240 valence electrons. The Morgan fingerprint density at radius 1 is 0.783 bits per heavy atom. The molecule has 2 aliphatic rings. The second kappa shape index (κ2) is 15.2. The number of aliphatic hydroxyl groups excluding tert-OH is 1.